The van der Waals surface area contributed by atoms with Crippen LogP contribution in [0.5, 0.6) is 17.2 Å². The van der Waals surface area contributed by atoms with Gasteiger partial charge in [-0.25, -0.2) is 4.98 Å². The second-order valence-corrected chi connectivity index (χ2v) is 7.46. The lowest BCUT2D eigenvalue weighted by Gasteiger charge is -2.13. The number of aromatic nitrogens is 2. The van der Waals surface area contributed by atoms with Crippen LogP contribution in [0.25, 0.3) is 21.8 Å². The van der Waals surface area contributed by atoms with Gasteiger partial charge in [-0.15, -0.1) is 0 Å². The molecule has 5 nitrogen and oxygen atoms in total. The molecule has 0 radical (unpaired) electrons. The van der Waals surface area contributed by atoms with Crippen molar-refractivity contribution >= 4 is 21.8 Å². The first-order valence-corrected chi connectivity index (χ1v) is 10.6. The van der Waals surface area contributed by atoms with Crippen LogP contribution in [0.3, 0.4) is 0 Å². The predicted octanol–water partition coefficient (Wildman–Crippen LogP) is 5.86. The lowest BCUT2D eigenvalue weighted by molar-refractivity contribution is 0.273. The minimum absolute atomic E-state index is 0.370. The summed E-state index contributed by atoms with van der Waals surface area (Å²) < 4.78 is 19.6. The van der Waals surface area contributed by atoms with Gasteiger partial charge in [0.15, 0.2) is 0 Å². The van der Waals surface area contributed by atoms with Crippen LogP contribution >= 0.6 is 0 Å². The van der Waals surface area contributed by atoms with Crippen molar-refractivity contribution in [3.8, 4) is 17.2 Å². The highest BCUT2D eigenvalue weighted by Gasteiger charge is 2.12. The van der Waals surface area contributed by atoms with Crippen molar-refractivity contribution in [3.05, 3.63) is 96.8 Å². The van der Waals surface area contributed by atoms with Crippen LogP contribution in [0.15, 0.2) is 91.0 Å². The number of methoxy groups -OCH3 is 1. The first-order valence-electron chi connectivity index (χ1n) is 10.6. The SMILES string of the molecule is COc1ccc(OCc2nc3ccccc3n2CCOc2cccc3ccccc23)cc1. The number of fused-ring (bicyclic) bond motifs is 2. The lowest BCUT2D eigenvalue weighted by Crippen LogP contribution is -2.13. The van der Waals surface area contributed by atoms with Gasteiger partial charge in [0.1, 0.15) is 36.3 Å². The molecule has 0 unspecified atom stereocenters. The maximum atomic E-state index is 6.18. The third-order valence-electron chi connectivity index (χ3n) is 5.48. The minimum atomic E-state index is 0.370. The van der Waals surface area contributed by atoms with Gasteiger partial charge in [0.05, 0.1) is 24.7 Å². The summed E-state index contributed by atoms with van der Waals surface area (Å²) in [7, 11) is 1.65. The zero-order valence-electron chi connectivity index (χ0n) is 17.9. The maximum absolute atomic E-state index is 6.18. The molecule has 0 aliphatic heterocycles. The largest absolute Gasteiger partial charge is 0.497 e. The molecule has 0 N–H and O–H groups in total. The fourth-order valence-electron chi connectivity index (χ4n) is 3.87. The molecule has 1 aromatic heterocycles. The molecule has 5 rings (SSSR count). The first kappa shape index (κ1) is 19.9. The molecule has 1 heterocycles. The number of nitrogens with zero attached hydrogens (tertiary/aromatic N) is 2. The van der Waals surface area contributed by atoms with E-state index in [0.29, 0.717) is 19.8 Å². The predicted molar refractivity (Wildman–Crippen MR) is 127 cm³/mol. The number of rotatable bonds is 8. The Kier molecular flexibility index (Phi) is 5.62. The Morgan fingerprint density at radius 2 is 1.50 bits per heavy atom. The van der Waals surface area contributed by atoms with E-state index >= 15 is 0 Å². The number of hydrogen-bond acceptors (Lipinski definition) is 4. The van der Waals surface area contributed by atoms with Crippen LogP contribution in [-0.2, 0) is 13.2 Å². The van der Waals surface area contributed by atoms with Gasteiger partial charge in [0, 0.05) is 5.39 Å². The number of ether oxygens (including phenoxy) is 3. The van der Waals surface area contributed by atoms with E-state index in [1.54, 1.807) is 7.11 Å². The monoisotopic (exact) mass is 424 g/mol. The standard InChI is InChI=1S/C27H24N2O3/c1-30-21-13-15-22(16-14-21)32-19-27-28-24-10-4-5-11-25(24)29(27)17-18-31-26-12-6-8-20-7-2-3-9-23(20)26/h2-16H,17-19H2,1H3. The molecule has 0 aliphatic rings. The highest BCUT2D eigenvalue weighted by molar-refractivity contribution is 5.88. The summed E-state index contributed by atoms with van der Waals surface area (Å²) in [5, 5.41) is 2.29. The van der Waals surface area contributed by atoms with Gasteiger partial charge in [0.2, 0.25) is 0 Å². The molecule has 5 aromatic rings. The van der Waals surface area contributed by atoms with Crippen molar-refractivity contribution in [3.63, 3.8) is 0 Å². The van der Waals surface area contributed by atoms with Crippen LogP contribution in [0.4, 0.5) is 0 Å². The summed E-state index contributed by atoms with van der Waals surface area (Å²) in [6.07, 6.45) is 0. The molecule has 160 valence electrons. The zero-order chi connectivity index (χ0) is 21.8. The van der Waals surface area contributed by atoms with E-state index in [0.717, 1.165) is 39.5 Å². The Morgan fingerprint density at radius 3 is 2.38 bits per heavy atom. The van der Waals surface area contributed by atoms with Gasteiger partial charge in [-0.05, 0) is 47.9 Å². The van der Waals surface area contributed by atoms with E-state index in [1.807, 2.05) is 66.7 Å². The van der Waals surface area contributed by atoms with Crippen molar-refractivity contribution in [2.45, 2.75) is 13.2 Å². The summed E-state index contributed by atoms with van der Waals surface area (Å²) in [5.74, 6) is 3.33. The summed E-state index contributed by atoms with van der Waals surface area (Å²) in [6, 6.07) is 30.1. The summed E-state index contributed by atoms with van der Waals surface area (Å²) in [5.41, 5.74) is 2.02. The van der Waals surface area contributed by atoms with Gasteiger partial charge in [-0.3, -0.25) is 0 Å². The molecule has 0 saturated carbocycles. The Balaban J connectivity index is 1.34. The summed E-state index contributed by atoms with van der Waals surface area (Å²) in [6.45, 7) is 1.57. The fraction of sp³-hybridized carbons (Fsp3) is 0.148. The number of imidazole rings is 1. The van der Waals surface area contributed by atoms with Crippen LogP contribution < -0.4 is 14.2 Å². The highest BCUT2D eigenvalue weighted by atomic mass is 16.5. The second-order valence-electron chi connectivity index (χ2n) is 7.46. The van der Waals surface area contributed by atoms with E-state index < -0.39 is 0 Å². The van der Waals surface area contributed by atoms with Crippen LogP contribution in [0.1, 0.15) is 5.82 Å². The van der Waals surface area contributed by atoms with E-state index in [9.17, 15) is 0 Å². The van der Waals surface area contributed by atoms with Crippen molar-refractivity contribution < 1.29 is 14.2 Å². The average Bonchev–Trinajstić information content (AvgIpc) is 3.20. The molecule has 4 aromatic carbocycles. The Morgan fingerprint density at radius 1 is 0.750 bits per heavy atom. The topological polar surface area (TPSA) is 45.5 Å². The van der Waals surface area contributed by atoms with Crippen molar-refractivity contribution in [2.24, 2.45) is 0 Å². The number of benzene rings is 4. The van der Waals surface area contributed by atoms with Gasteiger partial charge in [0.25, 0.3) is 0 Å². The minimum Gasteiger partial charge on any atom is -0.497 e. The van der Waals surface area contributed by atoms with E-state index in [-0.39, 0.29) is 0 Å². The number of hydrogen-bond donors (Lipinski definition) is 0. The lowest BCUT2D eigenvalue weighted by atomic mass is 10.1. The molecule has 0 aliphatic carbocycles. The van der Waals surface area contributed by atoms with Crippen molar-refractivity contribution in [1.82, 2.24) is 9.55 Å². The summed E-state index contributed by atoms with van der Waals surface area (Å²) in [4.78, 5) is 4.79. The Labute approximate surface area is 186 Å². The maximum Gasteiger partial charge on any atom is 0.148 e. The summed E-state index contributed by atoms with van der Waals surface area (Å²) >= 11 is 0. The van der Waals surface area contributed by atoms with E-state index in [1.165, 1.54) is 5.39 Å². The highest BCUT2D eigenvalue weighted by Crippen LogP contribution is 2.26. The third kappa shape index (κ3) is 4.10. The van der Waals surface area contributed by atoms with E-state index in [4.69, 9.17) is 19.2 Å². The van der Waals surface area contributed by atoms with Gasteiger partial charge in [-0.1, -0.05) is 48.5 Å². The molecule has 0 saturated heterocycles. The molecule has 32 heavy (non-hydrogen) atoms. The quantitative estimate of drug-likeness (QED) is 0.313. The number of para-hydroxylation sites is 2. The normalized spacial score (nSPS) is 11.0. The Hall–Kier alpha value is -3.99. The second kappa shape index (κ2) is 9.02. The smallest absolute Gasteiger partial charge is 0.148 e. The van der Waals surface area contributed by atoms with Crippen molar-refractivity contribution in [1.29, 1.82) is 0 Å². The molecular formula is C27H24N2O3. The van der Waals surface area contributed by atoms with Crippen LogP contribution in [0, 0.1) is 0 Å². The molecular weight excluding hydrogens is 400 g/mol. The average molecular weight is 425 g/mol. The van der Waals surface area contributed by atoms with Crippen molar-refractivity contribution in [2.75, 3.05) is 13.7 Å². The molecule has 0 atom stereocenters. The Bertz CT molecular complexity index is 1340. The van der Waals surface area contributed by atoms with E-state index in [2.05, 4.69) is 28.8 Å². The molecule has 0 amide bonds. The van der Waals surface area contributed by atoms with Gasteiger partial charge >= 0.3 is 0 Å². The zero-order valence-corrected chi connectivity index (χ0v) is 17.9. The molecule has 5 heteroatoms. The first-order chi connectivity index (χ1) is 15.8. The van der Waals surface area contributed by atoms with Crippen LogP contribution in [-0.4, -0.2) is 23.3 Å². The van der Waals surface area contributed by atoms with Gasteiger partial charge < -0.3 is 18.8 Å². The third-order valence-corrected chi connectivity index (χ3v) is 5.48. The van der Waals surface area contributed by atoms with Gasteiger partial charge in [-0.2, -0.15) is 0 Å². The molecule has 0 fully saturated rings. The fourth-order valence-corrected chi connectivity index (χ4v) is 3.87. The molecule has 0 bridgehead atoms. The molecule has 0 spiro atoms. The van der Waals surface area contributed by atoms with Crippen LogP contribution in [0.2, 0.25) is 0 Å².